The fourth-order valence-corrected chi connectivity index (χ4v) is 6.27. The number of hydrogen-bond donors (Lipinski definition) is 1. The maximum absolute atomic E-state index is 11.6. The molecule has 3 heterocycles. The average Bonchev–Trinajstić information content (AvgIpc) is 3.24. The molecule has 25 heavy (non-hydrogen) atoms. The zero-order valence-electron chi connectivity index (χ0n) is 15.0. The molecule has 1 atom stereocenters. The monoisotopic (exact) mass is 376 g/mol. The Balaban J connectivity index is 1.45. The lowest BCUT2D eigenvalue weighted by molar-refractivity contribution is 0.206. The van der Waals surface area contributed by atoms with Crippen LogP contribution >= 0.6 is 11.8 Å². The summed E-state index contributed by atoms with van der Waals surface area (Å²) in [5.74, 6) is 2.59. The van der Waals surface area contributed by atoms with Crippen molar-refractivity contribution in [1.82, 2.24) is 9.88 Å². The van der Waals surface area contributed by atoms with E-state index in [0.29, 0.717) is 6.04 Å². The highest BCUT2D eigenvalue weighted by molar-refractivity contribution is 7.98. The van der Waals surface area contributed by atoms with Crippen molar-refractivity contribution < 1.29 is 4.21 Å². The SMILES string of the molecule is CSc1ccc2[nH]cc(C[C@H]3CCCN3CC3CCS(=O)CC3)c2c1. The van der Waals surface area contributed by atoms with Gasteiger partial charge in [0.2, 0.25) is 0 Å². The summed E-state index contributed by atoms with van der Waals surface area (Å²) in [5.41, 5.74) is 2.72. The van der Waals surface area contributed by atoms with Crippen LogP contribution in [0.15, 0.2) is 29.3 Å². The Morgan fingerprint density at radius 1 is 1.28 bits per heavy atom. The Hall–Kier alpha value is -0.780. The van der Waals surface area contributed by atoms with Gasteiger partial charge in [0.15, 0.2) is 0 Å². The third-order valence-electron chi connectivity index (χ3n) is 5.93. The summed E-state index contributed by atoms with van der Waals surface area (Å²) < 4.78 is 11.6. The number of nitrogens with zero attached hydrogens (tertiary/aromatic N) is 1. The van der Waals surface area contributed by atoms with Crippen LogP contribution < -0.4 is 0 Å². The number of likely N-dealkylation sites (tertiary alicyclic amines) is 1. The third kappa shape index (κ3) is 3.99. The summed E-state index contributed by atoms with van der Waals surface area (Å²) in [4.78, 5) is 7.51. The number of H-pyrrole nitrogens is 1. The highest BCUT2D eigenvalue weighted by atomic mass is 32.2. The Morgan fingerprint density at radius 3 is 2.92 bits per heavy atom. The molecule has 5 heteroatoms. The molecule has 136 valence electrons. The number of aromatic nitrogens is 1. The smallest absolute Gasteiger partial charge is 0.0457 e. The lowest BCUT2D eigenvalue weighted by Crippen LogP contribution is -2.37. The number of aromatic amines is 1. The van der Waals surface area contributed by atoms with Crippen LogP contribution in [0.2, 0.25) is 0 Å². The van der Waals surface area contributed by atoms with E-state index in [1.54, 1.807) is 0 Å². The van der Waals surface area contributed by atoms with Gasteiger partial charge in [0.25, 0.3) is 0 Å². The number of hydrogen-bond acceptors (Lipinski definition) is 3. The molecule has 1 N–H and O–H groups in total. The molecule has 2 fully saturated rings. The summed E-state index contributed by atoms with van der Waals surface area (Å²) >= 11 is 1.81. The first-order chi connectivity index (χ1) is 12.2. The second-order valence-corrected chi connectivity index (χ2v) is 10.1. The molecule has 2 aliphatic rings. The Bertz CT molecular complexity index is 747. The fourth-order valence-electron chi connectivity index (χ4n) is 4.43. The topological polar surface area (TPSA) is 36.1 Å². The van der Waals surface area contributed by atoms with E-state index in [2.05, 4.69) is 40.5 Å². The molecule has 3 nitrogen and oxygen atoms in total. The van der Waals surface area contributed by atoms with Crippen molar-refractivity contribution >= 4 is 33.5 Å². The molecular weight excluding hydrogens is 348 g/mol. The summed E-state index contributed by atoms with van der Waals surface area (Å²) in [6, 6.07) is 7.41. The minimum absolute atomic E-state index is 0.543. The zero-order chi connectivity index (χ0) is 17.2. The van der Waals surface area contributed by atoms with Gasteiger partial charge < -0.3 is 4.98 Å². The second kappa shape index (κ2) is 7.85. The molecule has 0 bridgehead atoms. The first-order valence-electron chi connectivity index (χ1n) is 9.46. The van der Waals surface area contributed by atoms with Crippen molar-refractivity contribution in [3.05, 3.63) is 30.0 Å². The van der Waals surface area contributed by atoms with Crippen LogP contribution in [0.1, 0.15) is 31.2 Å². The molecule has 2 aromatic rings. The van der Waals surface area contributed by atoms with Crippen LogP contribution in [0.5, 0.6) is 0 Å². The molecule has 0 radical (unpaired) electrons. The average molecular weight is 377 g/mol. The van der Waals surface area contributed by atoms with Gasteiger partial charge in [-0.25, -0.2) is 0 Å². The van der Waals surface area contributed by atoms with Crippen LogP contribution in [-0.4, -0.2) is 51.0 Å². The standard InChI is InChI=1S/C20H28N2OS2/c1-24-18-4-5-20-19(12-18)16(13-21-20)11-17-3-2-8-22(17)14-15-6-9-25(23)10-7-15/h4-5,12-13,15,17,21H,2-3,6-11,14H2,1H3/t15?,17-,25?/m1/s1. The zero-order valence-corrected chi connectivity index (χ0v) is 16.6. The fraction of sp³-hybridized carbons (Fsp3) is 0.600. The van der Waals surface area contributed by atoms with Crippen LogP contribution in [-0.2, 0) is 17.2 Å². The van der Waals surface area contributed by atoms with E-state index in [1.165, 1.54) is 47.3 Å². The largest absolute Gasteiger partial charge is 0.361 e. The van der Waals surface area contributed by atoms with Gasteiger partial charge in [0.1, 0.15) is 0 Å². The number of thioether (sulfide) groups is 1. The van der Waals surface area contributed by atoms with E-state index in [-0.39, 0.29) is 0 Å². The highest BCUT2D eigenvalue weighted by Crippen LogP contribution is 2.29. The van der Waals surface area contributed by atoms with Crippen molar-refractivity contribution in [2.45, 2.75) is 43.0 Å². The van der Waals surface area contributed by atoms with E-state index < -0.39 is 10.8 Å². The quantitative estimate of drug-likeness (QED) is 0.800. The van der Waals surface area contributed by atoms with E-state index in [0.717, 1.165) is 36.7 Å². The number of nitrogens with one attached hydrogen (secondary N) is 1. The molecule has 4 rings (SSSR count). The molecule has 0 aliphatic carbocycles. The van der Waals surface area contributed by atoms with Crippen molar-refractivity contribution in [2.24, 2.45) is 5.92 Å². The molecule has 2 aliphatic heterocycles. The summed E-state index contributed by atoms with van der Waals surface area (Å²) in [6.45, 7) is 2.45. The van der Waals surface area contributed by atoms with Gasteiger partial charge in [-0.05, 0) is 74.6 Å². The number of fused-ring (bicyclic) bond motifs is 1. The Labute approximate surface area is 157 Å². The van der Waals surface area contributed by atoms with Gasteiger partial charge >= 0.3 is 0 Å². The van der Waals surface area contributed by atoms with Crippen LogP contribution in [0, 0.1) is 5.92 Å². The highest BCUT2D eigenvalue weighted by Gasteiger charge is 2.29. The molecule has 0 spiro atoms. The summed E-state index contributed by atoms with van der Waals surface area (Å²) in [7, 11) is -0.543. The van der Waals surface area contributed by atoms with Gasteiger partial charge in [-0.3, -0.25) is 9.11 Å². The molecule has 1 aromatic carbocycles. The van der Waals surface area contributed by atoms with Gasteiger partial charge in [-0.1, -0.05) is 0 Å². The maximum Gasteiger partial charge on any atom is 0.0457 e. The first-order valence-corrected chi connectivity index (χ1v) is 12.2. The minimum Gasteiger partial charge on any atom is -0.361 e. The predicted octanol–water partition coefficient (Wildman–Crippen LogP) is 4.06. The van der Waals surface area contributed by atoms with E-state index >= 15 is 0 Å². The first kappa shape index (κ1) is 17.6. The van der Waals surface area contributed by atoms with E-state index in [1.807, 2.05) is 11.8 Å². The van der Waals surface area contributed by atoms with Crippen LogP contribution in [0.4, 0.5) is 0 Å². The van der Waals surface area contributed by atoms with Gasteiger partial charge in [0.05, 0.1) is 0 Å². The van der Waals surface area contributed by atoms with E-state index in [4.69, 9.17) is 0 Å². The van der Waals surface area contributed by atoms with Gasteiger partial charge in [0, 0.05) is 56.9 Å². The van der Waals surface area contributed by atoms with Crippen LogP contribution in [0.25, 0.3) is 10.9 Å². The molecule has 2 saturated heterocycles. The second-order valence-electron chi connectivity index (χ2n) is 7.51. The molecular formula is C20H28N2OS2. The molecule has 1 aromatic heterocycles. The summed E-state index contributed by atoms with van der Waals surface area (Å²) in [5, 5.41) is 1.40. The van der Waals surface area contributed by atoms with E-state index in [9.17, 15) is 4.21 Å². The lowest BCUT2D eigenvalue weighted by Gasteiger charge is -2.30. The van der Waals surface area contributed by atoms with Crippen molar-refractivity contribution in [1.29, 1.82) is 0 Å². The van der Waals surface area contributed by atoms with Crippen molar-refractivity contribution in [3.8, 4) is 0 Å². The van der Waals surface area contributed by atoms with Gasteiger partial charge in [-0.15, -0.1) is 11.8 Å². The lowest BCUT2D eigenvalue weighted by atomic mass is 9.99. The molecule has 0 unspecified atom stereocenters. The Kier molecular flexibility index (Phi) is 5.53. The predicted molar refractivity (Wildman–Crippen MR) is 109 cm³/mol. The van der Waals surface area contributed by atoms with Crippen molar-refractivity contribution in [3.63, 3.8) is 0 Å². The number of rotatable bonds is 5. The Morgan fingerprint density at radius 2 is 2.12 bits per heavy atom. The molecule has 0 amide bonds. The normalized spacial score (nSPS) is 28.0. The molecule has 0 saturated carbocycles. The third-order valence-corrected chi connectivity index (χ3v) is 8.04. The maximum atomic E-state index is 11.6. The van der Waals surface area contributed by atoms with Crippen molar-refractivity contribution in [2.75, 3.05) is 30.9 Å². The van der Waals surface area contributed by atoms with Crippen LogP contribution in [0.3, 0.4) is 0 Å². The van der Waals surface area contributed by atoms with Gasteiger partial charge in [-0.2, -0.15) is 0 Å². The summed E-state index contributed by atoms with van der Waals surface area (Å²) in [6.07, 6.45) is 10.4. The minimum atomic E-state index is -0.543. The number of benzene rings is 1.